The maximum atomic E-state index is 12.8. The van der Waals surface area contributed by atoms with Crippen molar-refractivity contribution < 1.29 is 4.39 Å². The molecule has 1 heterocycles. The van der Waals surface area contributed by atoms with Crippen molar-refractivity contribution in [1.29, 1.82) is 0 Å². The molecule has 1 saturated carbocycles. The molecule has 3 heteroatoms. The fourth-order valence-electron chi connectivity index (χ4n) is 1.87. The standard InChI is InChI=1S/C13H19FN2/c1-9(2)13(16-7-10-3-4-10)12-6-5-11(14)8-15-12/h5-6,8-10,13,16H,3-4,7H2,1-2H3. The molecule has 2 nitrogen and oxygen atoms in total. The van der Waals surface area contributed by atoms with Crippen LogP contribution in [0.1, 0.15) is 38.4 Å². The van der Waals surface area contributed by atoms with Gasteiger partial charge in [-0.15, -0.1) is 0 Å². The zero-order valence-corrected chi connectivity index (χ0v) is 9.91. The molecule has 0 aliphatic heterocycles. The smallest absolute Gasteiger partial charge is 0.141 e. The van der Waals surface area contributed by atoms with Crippen LogP contribution in [0, 0.1) is 17.7 Å². The molecule has 88 valence electrons. The average Bonchev–Trinajstić information content (AvgIpc) is 3.04. The minimum Gasteiger partial charge on any atom is -0.308 e. The molecular formula is C13H19FN2. The number of hydrogen-bond acceptors (Lipinski definition) is 2. The van der Waals surface area contributed by atoms with Crippen molar-refractivity contribution in [3.8, 4) is 0 Å². The van der Waals surface area contributed by atoms with Crippen molar-refractivity contribution in [2.45, 2.75) is 32.7 Å². The van der Waals surface area contributed by atoms with Gasteiger partial charge in [-0.25, -0.2) is 4.39 Å². The van der Waals surface area contributed by atoms with E-state index in [2.05, 4.69) is 24.1 Å². The largest absolute Gasteiger partial charge is 0.308 e. The van der Waals surface area contributed by atoms with Crippen molar-refractivity contribution in [3.63, 3.8) is 0 Å². The summed E-state index contributed by atoms with van der Waals surface area (Å²) in [5.74, 6) is 1.05. The van der Waals surface area contributed by atoms with Gasteiger partial charge in [-0.2, -0.15) is 0 Å². The normalized spacial score (nSPS) is 17.8. The van der Waals surface area contributed by atoms with Gasteiger partial charge in [-0.1, -0.05) is 13.8 Å². The lowest BCUT2D eigenvalue weighted by Crippen LogP contribution is -2.28. The first-order chi connectivity index (χ1) is 7.66. The van der Waals surface area contributed by atoms with E-state index in [1.54, 1.807) is 6.07 Å². The molecule has 0 bridgehead atoms. The van der Waals surface area contributed by atoms with E-state index in [1.165, 1.54) is 25.1 Å². The van der Waals surface area contributed by atoms with Gasteiger partial charge in [-0.3, -0.25) is 4.98 Å². The molecule has 0 saturated heterocycles. The maximum Gasteiger partial charge on any atom is 0.141 e. The third-order valence-corrected chi connectivity index (χ3v) is 3.06. The van der Waals surface area contributed by atoms with Crippen molar-refractivity contribution in [3.05, 3.63) is 29.8 Å². The quantitative estimate of drug-likeness (QED) is 0.828. The van der Waals surface area contributed by atoms with Crippen molar-refractivity contribution in [2.75, 3.05) is 6.54 Å². The van der Waals surface area contributed by atoms with Crippen LogP contribution >= 0.6 is 0 Å². The second-order valence-electron chi connectivity index (χ2n) is 4.97. The second kappa shape index (κ2) is 4.91. The van der Waals surface area contributed by atoms with Crippen molar-refractivity contribution in [1.82, 2.24) is 10.3 Å². The molecule has 1 aliphatic rings. The molecule has 0 spiro atoms. The average molecular weight is 222 g/mol. The highest BCUT2D eigenvalue weighted by molar-refractivity contribution is 5.10. The number of rotatable bonds is 5. The van der Waals surface area contributed by atoms with E-state index in [0.717, 1.165) is 18.2 Å². The number of halogens is 1. The summed E-state index contributed by atoms with van der Waals surface area (Å²) < 4.78 is 12.8. The zero-order valence-electron chi connectivity index (χ0n) is 9.91. The molecule has 1 fully saturated rings. The molecule has 1 aromatic rings. The number of nitrogens with one attached hydrogen (secondary N) is 1. The Balaban J connectivity index is 2.01. The van der Waals surface area contributed by atoms with E-state index in [4.69, 9.17) is 0 Å². The van der Waals surface area contributed by atoms with E-state index in [-0.39, 0.29) is 11.9 Å². The summed E-state index contributed by atoms with van der Waals surface area (Å²) in [4.78, 5) is 4.16. The number of pyridine rings is 1. The Bertz CT molecular complexity index is 330. The molecule has 1 N–H and O–H groups in total. The molecule has 1 unspecified atom stereocenters. The van der Waals surface area contributed by atoms with Crippen molar-refractivity contribution in [2.24, 2.45) is 11.8 Å². The predicted molar refractivity (Wildman–Crippen MR) is 62.5 cm³/mol. The van der Waals surface area contributed by atoms with Crippen LogP contribution in [0.3, 0.4) is 0 Å². The summed E-state index contributed by atoms with van der Waals surface area (Å²) in [7, 11) is 0. The highest BCUT2D eigenvalue weighted by atomic mass is 19.1. The van der Waals surface area contributed by atoms with Crippen LogP contribution in [-0.2, 0) is 0 Å². The monoisotopic (exact) mass is 222 g/mol. The Labute approximate surface area is 96.3 Å². The van der Waals surface area contributed by atoms with Gasteiger partial charge in [0.25, 0.3) is 0 Å². The van der Waals surface area contributed by atoms with Crippen LogP contribution < -0.4 is 5.32 Å². The zero-order chi connectivity index (χ0) is 11.5. The Morgan fingerprint density at radius 2 is 2.19 bits per heavy atom. The number of aromatic nitrogens is 1. The number of hydrogen-bond donors (Lipinski definition) is 1. The Kier molecular flexibility index (Phi) is 3.54. The highest BCUT2D eigenvalue weighted by Gasteiger charge is 2.24. The van der Waals surface area contributed by atoms with Crippen LogP contribution in [0.25, 0.3) is 0 Å². The van der Waals surface area contributed by atoms with Crippen LogP contribution in [0.4, 0.5) is 4.39 Å². The van der Waals surface area contributed by atoms with Gasteiger partial charge in [0.05, 0.1) is 17.9 Å². The lowest BCUT2D eigenvalue weighted by Gasteiger charge is -2.21. The molecule has 1 atom stereocenters. The molecule has 16 heavy (non-hydrogen) atoms. The summed E-state index contributed by atoms with van der Waals surface area (Å²) in [6, 6.07) is 3.50. The fraction of sp³-hybridized carbons (Fsp3) is 0.615. The lowest BCUT2D eigenvalue weighted by atomic mass is 10.00. The summed E-state index contributed by atoms with van der Waals surface area (Å²) in [6.07, 6.45) is 3.98. The fourth-order valence-corrected chi connectivity index (χ4v) is 1.87. The first-order valence-corrected chi connectivity index (χ1v) is 6.01. The highest BCUT2D eigenvalue weighted by Crippen LogP contribution is 2.29. The molecule has 0 radical (unpaired) electrons. The first kappa shape index (κ1) is 11.5. The minimum absolute atomic E-state index is 0.237. The van der Waals surface area contributed by atoms with E-state index in [1.807, 2.05) is 0 Å². The van der Waals surface area contributed by atoms with E-state index in [0.29, 0.717) is 5.92 Å². The van der Waals surface area contributed by atoms with Gasteiger partial charge >= 0.3 is 0 Å². The van der Waals surface area contributed by atoms with E-state index >= 15 is 0 Å². The molecule has 2 rings (SSSR count). The minimum atomic E-state index is -0.270. The predicted octanol–water partition coefficient (Wildman–Crippen LogP) is 2.92. The van der Waals surface area contributed by atoms with Gasteiger partial charge in [-0.05, 0) is 43.4 Å². The van der Waals surface area contributed by atoms with Crippen LogP contribution in [0.2, 0.25) is 0 Å². The summed E-state index contributed by atoms with van der Waals surface area (Å²) >= 11 is 0. The third kappa shape index (κ3) is 3.01. The van der Waals surface area contributed by atoms with Gasteiger partial charge in [0.15, 0.2) is 0 Å². The molecule has 0 aromatic carbocycles. The Hall–Kier alpha value is -0.960. The maximum absolute atomic E-state index is 12.8. The number of nitrogens with zero attached hydrogens (tertiary/aromatic N) is 1. The SMILES string of the molecule is CC(C)C(NCC1CC1)c1ccc(F)cn1. The summed E-state index contributed by atoms with van der Waals surface area (Å²) in [5, 5.41) is 3.53. The topological polar surface area (TPSA) is 24.9 Å². The van der Waals surface area contributed by atoms with Crippen LogP contribution in [0.15, 0.2) is 18.3 Å². The van der Waals surface area contributed by atoms with Gasteiger partial charge < -0.3 is 5.32 Å². The Morgan fingerprint density at radius 3 is 2.69 bits per heavy atom. The van der Waals surface area contributed by atoms with Crippen LogP contribution in [0.5, 0.6) is 0 Å². The second-order valence-corrected chi connectivity index (χ2v) is 4.97. The molecule has 0 amide bonds. The van der Waals surface area contributed by atoms with Gasteiger partial charge in [0.1, 0.15) is 5.82 Å². The summed E-state index contributed by atoms with van der Waals surface area (Å²) in [6.45, 7) is 5.38. The first-order valence-electron chi connectivity index (χ1n) is 6.01. The molecule has 1 aliphatic carbocycles. The van der Waals surface area contributed by atoms with Crippen LogP contribution in [-0.4, -0.2) is 11.5 Å². The van der Waals surface area contributed by atoms with E-state index in [9.17, 15) is 4.39 Å². The Morgan fingerprint density at radius 1 is 1.44 bits per heavy atom. The van der Waals surface area contributed by atoms with Gasteiger partial charge in [0, 0.05) is 0 Å². The molecule has 1 aromatic heterocycles. The third-order valence-electron chi connectivity index (χ3n) is 3.06. The van der Waals surface area contributed by atoms with Gasteiger partial charge in [0.2, 0.25) is 0 Å². The summed E-state index contributed by atoms with van der Waals surface area (Å²) in [5.41, 5.74) is 0.942. The lowest BCUT2D eigenvalue weighted by molar-refractivity contribution is 0.396. The van der Waals surface area contributed by atoms with E-state index < -0.39 is 0 Å². The molecular weight excluding hydrogens is 203 g/mol. The van der Waals surface area contributed by atoms with Crippen molar-refractivity contribution >= 4 is 0 Å².